The first kappa shape index (κ1) is 23.7. The molecule has 0 aliphatic rings. The number of anilines is 1. The summed E-state index contributed by atoms with van der Waals surface area (Å²) in [6.45, 7) is 4.86. The number of benzene rings is 2. The Morgan fingerprint density at radius 2 is 1.90 bits per heavy atom. The van der Waals surface area contributed by atoms with Gasteiger partial charge in [-0.1, -0.05) is 12.1 Å². The van der Waals surface area contributed by atoms with Gasteiger partial charge in [-0.2, -0.15) is 0 Å². The highest BCUT2D eigenvalue weighted by atomic mass is 32.2. The normalized spacial score (nSPS) is 12.1. The molecule has 8 heteroatoms. The lowest BCUT2D eigenvalue weighted by Gasteiger charge is -2.14. The van der Waals surface area contributed by atoms with Crippen molar-refractivity contribution in [3.05, 3.63) is 59.9 Å². The molecular formula is C22H30FN3O3S. The number of nitrogens with zero attached hydrogens (tertiary/aromatic N) is 1. The average Bonchev–Trinajstić information content (AvgIpc) is 2.65. The molecule has 0 aliphatic heterocycles. The molecule has 2 N–H and O–H groups in total. The van der Waals surface area contributed by atoms with E-state index in [0.29, 0.717) is 31.9 Å². The Hall–Kier alpha value is -2.61. The van der Waals surface area contributed by atoms with Crippen LogP contribution in [0, 0.1) is 5.82 Å². The van der Waals surface area contributed by atoms with Crippen molar-refractivity contribution in [3.8, 4) is 5.75 Å². The summed E-state index contributed by atoms with van der Waals surface area (Å²) in [5.74, 6) is 1.15. The molecule has 0 bridgehead atoms. The van der Waals surface area contributed by atoms with Crippen molar-refractivity contribution in [1.29, 1.82) is 0 Å². The lowest BCUT2D eigenvalue weighted by atomic mass is 10.1. The van der Waals surface area contributed by atoms with Crippen LogP contribution in [-0.2, 0) is 16.3 Å². The van der Waals surface area contributed by atoms with Gasteiger partial charge in [0.15, 0.2) is 5.96 Å². The van der Waals surface area contributed by atoms with Crippen LogP contribution in [0.1, 0.15) is 25.8 Å². The maximum atomic E-state index is 13.3. The predicted octanol–water partition coefficient (Wildman–Crippen LogP) is 3.65. The molecule has 2 rings (SSSR count). The van der Waals surface area contributed by atoms with Gasteiger partial charge in [0, 0.05) is 25.0 Å². The van der Waals surface area contributed by atoms with Gasteiger partial charge in [-0.25, -0.2) is 12.8 Å². The van der Waals surface area contributed by atoms with Crippen LogP contribution in [-0.4, -0.2) is 45.6 Å². The zero-order valence-corrected chi connectivity index (χ0v) is 18.5. The van der Waals surface area contributed by atoms with Gasteiger partial charge >= 0.3 is 0 Å². The largest absolute Gasteiger partial charge is 0.491 e. The Labute approximate surface area is 178 Å². The molecule has 0 fully saturated rings. The Bertz CT molecular complexity index is 929. The monoisotopic (exact) mass is 435 g/mol. The number of hydrogen-bond acceptors (Lipinski definition) is 4. The van der Waals surface area contributed by atoms with Crippen molar-refractivity contribution < 1.29 is 17.5 Å². The zero-order valence-electron chi connectivity index (χ0n) is 17.7. The maximum absolute atomic E-state index is 13.3. The minimum absolute atomic E-state index is 0.0916. The Balaban J connectivity index is 1.98. The second-order valence-electron chi connectivity index (χ2n) is 7.34. The molecule has 2 aromatic carbocycles. The number of nitrogens with one attached hydrogen (secondary N) is 2. The molecule has 30 heavy (non-hydrogen) atoms. The van der Waals surface area contributed by atoms with Crippen LogP contribution < -0.4 is 15.4 Å². The third-order valence-electron chi connectivity index (χ3n) is 4.03. The third kappa shape index (κ3) is 9.73. The van der Waals surface area contributed by atoms with Crippen molar-refractivity contribution in [1.82, 2.24) is 5.32 Å². The number of sulfone groups is 1. The molecule has 0 aliphatic carbocycles. The van der Waals surface area contributed by atoms with Crippen LogP contribution in [0.15, 0.2) is 53.5 Å². The van der Waals surface area contributed by atoms with Crippen molar-refractivity contribution in [2.24, 2.45) is 4.99 Å². The Morgan fingerprint density at radius 3 is 2.53 bits per heavy atom. The molecule has 0 heterocycles. The first-order valence-corrected chi connectivity index (χ1v) is 12.0. The van der Waals surface area contributed by atoms with Crippen LogP contribution in [0.25, 0.3) is 0 Å². The molecule has 0 radical (unpaired) electrons. The van der Waals surface area contributed by atoms with Gasteiger partial charge in [-0.05, 0) is 68.7 Å². The molecule has 0 aromatic heterocycles. The van der Waals surface area contributed by atoms with Gasteiger partial charge in [0.25, 0.3) is 0 Å². The molecule has 0 unspecified atom stereocenters. The number of rotatable bonds is 10. The minimum Gasteiger partial charge on any atom is -0.491 e. The van der Waals surface area contributed by atoms with E-state index < -0.39 is 9.84 Å². The van der Waals surface area contributed by atoms with Crippen molar-refractivity contribution in [2.75, 3.05) is 30.4 Å². The highest BCUT2D eigenvalue weighted by molar-refractivity contribution is 7.90. The van der Waals surface area contributed by atoms with E-state index in [1.165, 1.54) is 18.4 Å². The summed E-state index contributed by atoms with van der Waals surface area (Å²) in [5.41, 5.74) is 1.71. The summed E-state index contributed by atoms with van der Waals surface area (Å²) in [5, 5.41) is 6.43. The molecule has 0 saturated carbocycles. The Kier molecular flexibility index (Phi) is 9.11. The molecule has 2 aromatic rings. The number of ether oxygens (including phenoxy) is 1. The highest BCUT2D eigenvalue weighted by Gasteiger charge is 2.05. The molecule has 6 nitrogen and oxygen atoms in total. The van der Waals surface area contributed by atoms with Crippen LogP contribution >= 0.6 is 0 Å². The average molecular weight is 436 g/mol. The molecule has 164 valence electrons. The summed E-state index contributed by atoms with van der Waals surface area (Å²) in [7, 11) is -3.01. The Morgan fingerprint density at radius 1 is 1.17 bits per heavy atom. The molecule has 0 amide bonds. The van der Waals surface area contributed by atoms with Gasteiger partial charge in [-0.15, -0.1) is 0 Å². The van der Waals surface area contributed by atoms with E-state index in [9.17, 15) is 12.8 Å². The summed E-state index contributed by atoms with van der Waals surface area (Å²) in [4.78, 5) is 4.47. The molecule has 0 saturated heterocycles. The van der Waals surface area contributed by atoms with Crippen molar-refractivity contribution >= 4 is 21.5 Å². The molecule has 0 atom stereocenters. The van der Waals surface area contributed by atoms with Crippen LogP contribution in [0.5, 0.6) is 5.75 Å². The smallest absolute Gasteiger partial charge is 0.195 e. The molecular weight excluding hydrogens is 405 g/mol. The fourth-order valence-corrected chi connectivity index (χ4v) is 3.35. The van der Waals surface area contributed by atoms with Gasteiger partial charge in [-0.3, -0.25) is 4.99 Å². The summed E-state index contributed by atoms with van der Waals surface area (Å²) in [6.07, 6.45) is 2.38. The number of hydrogen-bond donors (Lipinski definition) is 2. The highest BCUT2D eigenvalue weighted by Crippen LogP contribution is 2.16. The van der Waals surface area contributed by atoms with E-state index in [4.69, 9.17) is 4.74 Å². The summed E-state index contributed by atoms with van der Waals surface area (Å²) < 4.78 is 41.6. The van der Waals surface area contributed by atoms with Crippen LogP contribution in [0.2, 0.25) is 0 Å². The standard InChI is InChI=1S/C22H30FN3O3S/c1-17(2)29-21-10-8-20(9-11-21)26-22(24-13-5-15-30(3,27)28)25-14-12-18-6-4-7-19(23)16-18/h4,6-11,16-17H,5,12-15H2,1-3H3,(H2,24,25,26). The van der Waals surface area contributed by atoms with Crippen LogP contribution in [0.4, 0.5) is 10.1 Å². The second-order valence-corrected chi connectivity index (χ2v) is 9.60. The van der Waals surface area contributed by atoms with E-state index >= 15 is 0 Å². The van der Waals surface area contributed by atoms with E-state index in [1.54, 1.807) is 6.07 Å². The van der Waals surface area contributed by atoms with E-state index in [1.807, 2.05) is 44.2 Å². The number of aliphatic imine (C=N–C) groups is 1. The number of guanidine groups is 1. The van der Waals surface area contributed by atoms with Crippen molar-refractivity contribution in [2.45, 2.75) is 32.8 Å². The minimum atomic E-state index is -3.01. The first-order valence-electron chi connectivity index (χ1n) is 9.95. The van der Waals surface area contributed by atoms with Gasteiger partial charge in [0.1, 0.15) is 21.4 Å². The molecule has 0 spiro atoms. The topological polar surface area (TPSA) is 79.8 Å². The second kappa shape index (κ2) is 11.5. The lowest BCUT2D eigenvalue weighted by molar-refractivity contribution is 0.242. The quantitative estimate of drug-likeness (QED) is 0.338. The van der Waals surface area contributed by atoms with E-state index in [2.05, 4.69) is 15.6 Å². The third-order valence-corrected chi connectivity index (χ3v) is 5.06. The zero-order chi connectivity index (χ0) is 22.0. The number of halogens is 1. The van der Waals surface area contributed by atoms with Gasteiger partial charge in [0.2, 0.25) is 0 Å². The van der Waals surface area contributed by atoms with E-state index in [0.717, 1.165) is 17.0 Å². The SMILES string of the molecule is CC(C)Oc1ccc(NC(=NCCCS(C)(=O)=O)NCCc2cccc(F)c2)cc1. The predicted molar refractivity (Wildman–Crippen MR) is 121 cm³/mol. The fourth-order valence-electron chi connectivity index (χ4n) is 2.70. The fraction of sp³-hybridized carbons (Fsp3) is 0.409. The van der Waals surface area contributed by atoms with Crippen LogP contribution in [0.3, 0.4) is 0 Å². The lowest BCUT2D eigenvalue weighted by Crippen LogP contribution is -2.32. The van der Waals surface area contributed by atoms with Gasteiger partial charge < -0.3 is 15.4 Å². The maximum Gasteiger partial charge on any atom is 0.195 e. The van der Waals surface area contributed by atoms with E-state index in [-0.39, 0.29) is 17.7 Å². The first-order chi connectivity index (χ1) is 14.2. The van der Waals surface area contributed by atoms with Gasteiger partial charge in [0.05, 0.1) is 11.9 Å². The summed E-state index contributed by atoms with van der Waals surface area (Å²) >= 11 is 0. The van der Waals surface area contributed by atoms with Crippen molar-refractivity contribution in [3.63, 3.8) is 0 Å². The summed E-state index contributed by atoms with van der Waals surface area (Å²) in [6, 6.07) is 14.0.